The van der Waals surface area contributed by atoms with Gasteiger partial charge in [0.2, 0.25) is 0 Å². The van der Waals surface area contributed by atoms with Gasteiger partial charge in [0.15, 0.2) is 11.6 Å². The van der Waals surface area contributed by atoms with Gasteiger partial charge < -0.3 is 14.8 Å². The van der Waals surface area contributed by atoms with Gasteiger partial charge in [0, 0.05) is 19.3 Å². The van der Waals surface area contributed by atoms with E-state index in [-0.39, 0.29) is 0 Å². The lowest BCUT2D eigenvalue weighted by atomic mass is 10.4. The summed E-state index contributed by atoms with van der Waals surface area (Å²) in [4.78, 5) is 4.19. The topological polar surface area (TPSA) is 43.4 Å². The van der Waals surface area contributed by atoms with Crippen LogP contribution >= 0.6 is 0 Å². The quantitative estimate of drug-likeness (QED) is 0.688. The molecule has 1 rings (SSSR count). The van der Waals surface area contributed by atoms with Gasteiger partial charge in [-0.05, 0) is 18.6 Å². The largest absolute Gasteiger partial charge is 0.493 e. The fourth-order valence-corrected chi connectivity index (χ4v) is 1.28. The fourth-order valence-electron chi connectivity index (χ4n) is 1.28. The highest BCUT2D eigenvalue weighted by Gasteiger charge is 2.00. The van der Waals surface area contributed by atoms with Crippen molar-refractivity contribution in [3.05, 3.63) is 18.3 Å². The molecule has 4 heteroatoms. The van der Waals surface area contributed by atoms with E-state index in [2.05, 4.69) is 17.2 Å². The average Bonchev–Trinajstić information content (AvgIpc) is 2.34. The molecule has 0 fully saturated rings. The number of hydrogen-bond acceptors (Lipinski definition) is 4. The Labute approximate surface area is 97.0 Å². The Kier molecular flexibility index (Phi) is 6.33. The lowest BCUT2D eigenvalue weighted by molar-refractivity contribution is 0.141. The van der Waals surface area contributed by atoms with Crippen molar-refractivity contribution in [1.29, 1.82) is 0 Å². The second kappa shape index (κ2) is 7.93. The number of pyridine rings is 1. The lowest BCUT2D eigenvalue weighted by Gasteiger charge is -2.09. The number of methoxy groups -OCH3 is 1. The summed E-state index contributed by atoms with van der Waals surface area (Å²) in [5.74, 6) is 1.53. The summed E-state index contributed by atoms with van der Waals surface area (Å²) >= 11 is 0. The van der Waals surface area contributed by atoms with Crippen LogP contribution in [0.3, 0.4) is 0 Å². The van der Waals surface area contributed by atoms with Crippen LogP contribution in [-0.2, 0) is 4.74 Å². The molecule has 1 heterocycles. The molecular formula is C12H20N2O2. The first-order chi connectivity index (χ1) is 7.88. The Morgan fingerprint density at radius 2 is 2.25 bits per heavy atom. The van der Waals surface area contributed by atoms with Crippen LogP contribution in [0, 0.1) is 0 Å². The van der Waals surface area contributed by atoms with Gasteiger partial charge in [-0.1, -0.05) is 13.3 Å². The van der Waals surface area contributed by atoms with Crippen LogP contribution in [0.5, 0.6) is 5.75 Å². The number of unbranched alkanes of at least 4 members (excludes halogenated alkanes) is 1. The Balaban J connectivity index is 2.21. The highest BCUT2D eigenvalue weighted by atomic mass is 16.5. The molecule has 0 radical (unpaired) electrons. The molecule has 0 amide bonds. The predicted molar refractivity (Wildman–Crippen MR) is 65.0 cm³/mol. The number of anilines is 1. The lowest BCUT2D eigenvalue weighted by Crippen LogP contribution is -2.11. The molecule has 0 atom stereocenters. The zero-order valence-corrected chi connectivity index (χ0v) is 10.0. The van der Waals surface area contributed by atoms with Crippen molar-refractivity contribution in [1.82, 2.24) is 4.98 Å². The summed E-state index contributed by atoms with van der Waals surface area (Å²) in [5, 5.41) is 3.18. The van der Waals surface area contributed by atoms with Gasteiger partial charge in [0.05, 0.1) is 13.7 Å². The molecule has 4 nitrogen and oxygen atoms in total. The van der Waals surface area contributed by atoms with E-state index in [0.717, 1.165) is 31.1 Å². The van der Waals surface area contributed by atoms with Crippen molar-refractivity contribution in [3.63, 3.8) is 0 Å². The number of rotatable bonds is 8. The van der Waals surface area contributed by atoms with Crippen LogP contribution in [-0.4, -0.2) is 31.9 Å². The van der Waals surface area contributed by atoms with Gasteiger partial charge >= 0.3 is 0 Å². The zero-order valence-electron chi connectivity index (χ0n) is 10.0. The molecule has 0 aliphatic rings. The van der Waals surface area contributed by atoms with Crippen LogP contribution < -0.4 is 10.1 Å². The summed E-state index contributed by atoms with van der Waals surface area (Å²) in [6.07, 6.45) is 4.02. The highest BCUT2D eigenvalue weighted by molar-refractivity contribution is 5.49. The van der Waals surface area contributed by atoms with Crippen molar-refractivity contribution in [2.24, 2.45) is 0 Å². The van der Waals surface area contributed by atoms with Gasteiger partial charge in [-0.15, -0.1) is 0 Å². The SMILES string of the molecule is CCCCOCCNc1ncccc1OC. The van der Waals surface area contributed by atoms with Crippen molar-refractivity contribution in [2.45, 2.75) is 19.8 Å². The summed E-state index contributed by atoms with van der Waals surface area (Å²) in [6.45, 7) is 4.43. The first-order valence-electron chi connectivity index (χ1n) is 5.69. The third-order valence-electron chi connectivity index (χ3n) is 2.17. The molecule has 90 valence electrons. The molecule has 16 heavy (non-hydrogen) atoms. The van der Waals surface area contributed by atoms with Gasteiger partial charge in [0.1, 0.15) is 0 Å². The minimum atomic E-state index is 0.694. The number of hydrogen-bond donors (Lipinski definition) is 1. The second-order valence-corrected chi connectivity index (χ2v) is 3.45. The maximum absolute atomic E-state index is 5.44. The second-order valence-electron chi connectivity index (χ2n) is 3.45. The number of nitrogens with zero attached hydrogens (tertiary/aromatic N) is 1. The minimum absolute atomic E-state index is 0.694. The van der Waals surface area contributed by atoms with E-state index < -0.39 is 0 Å². The summed E-state index contributed by atoms with van der Waals surface area (Å²) in [5.41, 5.74) is 0. The molecule has 0 bridgehead atoms. The molecule has 0 saturated carbocycles. The van der Waals surface area contributed by atoms with Crippen LogP contribution in [0.25, 0.3) is 0 Å². The Morgan fingerprint density at radius 3 is 3.00 bits per heavy atom. The summed E-state index contributed by atoms with van der Waals surface area (Å²) in [6, 6.07) is 3.73. The molecule has 1 aromatic heterocycles. The monoisotopic (exact) mass is 224 g/mol. The van der Waals surface area contributed by atoms with E-state index in [1.807, 2.05) is 12.1 Å². The van der Waals surface area contributed by atoms with Crippen molar-refractivity contribution in [3.8, 4) is 5.75 Å². The van der Waals surface area contributed by atoms with Crippen molar-refractivity contribution < 1.29 is 9.47 Å². The Hall–Kier alpha value is -1.29. The zero-order chi connectivity index (χ0) is 11.6. The van der Waals surface area contributed by atoms with Crippen molar-refractivity contribution >= 4 is 5.82 Å². The smallest absolute Gasteiger partial charge is 0.168 e. The van der Waals surface area contributed by atoms with E-state index >= 15 is 0 Å². The van der Waals surface area contributed by atoms with E-state index in [0.29, 0.717) is 6.61 Å². The molecule has 0 spiro atoms. The standard InChI is InChI=1S/C12H20N2O2/c1-3-4-9-16-10-8-14-12-11(15-2)6-5-7-13-12/h5-7H,3-4,8-10H2,1-2H3,(H,13,14). The normalized spacial score (nSPS) is 10.1. The number of aromatic nitrogens is 1. The number of ether oxygens (including phenoxy) is 2. The molecule has 1 aromatic rings. The molecule has 0 unspecified atom stereocenters. The Bertz CT molecular complexity index is 292. The minimum Gasteiger partial charge on any atom is -0.493 e. The third kappa shape index (κ3) is 4.49. The van der Waals surface area contributed by atoms with E-state index in [1.54, 1.807) is 13.3 Å². The maximum atomic E-state index is 5.44. The van der Waals surface area contributed by atoms with Crippen LogP contribution in [0.2, 0.25) is 0 Å². The Morgan fingerprint density at radius 1 is 1.38 bits per heavy atom. The molecule has 0 saturated heterocycles. The first kappa shape index (κ1) is 12.8. The molecule has 0 aliphatic carbocycles. The van der Waals surface area contributed by atoms with Gasteiger partial charge in [-0.25, -0.2) is 4.98 Å². The molecular weight excluding hydrogens is 204 g/mol. The van der Waals surface area contributed by atoms with Crippen LogP contribution in [0.1, 0.15) is 19.8 Å². The highest BCUT2D eigenvalue weighted by Crippen LogP contribution is 2.19. The summed E-state index contributed by atoms with van der Waals surface area (Å²) in [7, 11) is 1.64. The predicted octanol–water partition coefficient (Wildman–Crippen LogP) is 2.32. The van der Waals surface area contributed by atoms with Gasteiger partial charge in [-0.2, -0.15) is 0 Å². The van der Waals surface area contributed by atoms with Crippen molar-refractivity contribution in [2.75, 3.05) is 32.2 Å². The summed E-state index contributed by atoms with van der Waals surface area (Å²) < 4.78 is 10.6. The van der Waals surface area contributed by atoms with Crippen LogP contribution in [0.15, 0.2) is 18.3 Å². The van der Waals surface area contributed by atoms with E-state index in [1.165, 1.54) is 6.42 Å². The number of nitrogens with one attached hydrogen (secondary N) is 1. The van der Waals surface area contributed by atoms with Crippen LogP contribution in [0.4, 0.5) is 5.82 Å². The third-order valence-corrected chi connectivity index (χ3v) is 2.17. The van der Waals surface area contributed by atoms with Gasteiger partial charge in [0.25, 0.3) is 0 Å². The molecule has 0 aliphatic heterocycles. The fraction of sp³-hybridized carbons (Fsp3) is 0.583. The maximum Gasteiger partial charge on any atom is 0.168 e. The molecule has 0 aromatic carbocycles. The molecule has 1 N–H and O–H groups in total. The van der Waals surface area contributed by atoms with Gasteiger partial charge in [-0.3, -0.25) is 0 Å². The first-order valence-corrected chi connectivity index (χ1v) is 5.69. The van der Waals surface area contributed by atoms with E-state index in [9.17, 15) is 0 Å². The average molecular weight is 224 g/mol. The van der Waals surface area contributed by atoms with E-state index in [4.69, 9.17) is 9.47 Å².